The highest BCUT2D eigenvalue weighted by Gasteiger charge is 2.41. The van der Waals surface area contributed by atoms with Gasteiger partial charge in [0.1, 0.15) is 0 Å². The van der Waals surface area contributed by atoms with Crippen molar-refractivity contribution >= 4 is 17.6 Å². The summed E-state index contributed by atoms with van der Waals surface area (Å²) >= 11 is 0. The number of carbonyl (C=O) groups excluding carboxylic acids is 2. The summed E-state index contributed by atoms with van der Waals surface area (Å²) in [7, 11) is 0. The summed E-state index contributed by atoms with van der Waals surface area (Å²) in [5.74, 6) is -1.52. The van der Waals surface area contributed by atoms with Crippen molar-refractivity contribution in [1.29, 1.82) is 5.26 Å². The third-order valence-corrected chi connectivity index (χ3v) is 4.31. The van der Waals surface area contributed by atoms with Crippen LogP contribution in [-0.4, -0.2) is 23.6 Å². The number of amides is 1. The molecule has 0 aromatic heterocycles. The number of hydrogen-bond donors (Lipinski definition) is 2. The molecule has 29 heavy (non-hydrogen) atoms. The number of hydrogen-bond acceptors (Lipinski definition) is 5. The van der Waals surface area contributed by atoms with Crippen LogP contribution in [0.3, 0.4) is 0 Å². The molecular formula is C23H18N2O4. The molecule has 3 aromatic rings. The Morgan fingerprint density at radius 1 is 0.897 bits per heavy atom. The highest BCUT2D eigenvalue weighted by Crippen LogP contribution is 2.31. The maximum atomic E-state index is 12.8. The SMILES string of the molecule is N#Cc1ccc(NC(=O)COC(=O)C(O)(c2ccccc2)c2ccccc2)cc1. The minimum absolute atomic E-state index is 0.337. The van der Waals surface area contributed by atoms with Gasteiger partial charge in [0.15, 0.2) is 6.61 Å². The van der Waals surface area contributed by atoms with Crippen LogP contribution in [0.2, 0.25) is 0 Å². The van der Waals surface area contributed by atoms with E-state index in [-0.39, 0.29) is 0 Å². The molecule has 0 radical (unpaired) electrons. The first-order chi connectivity index (χ1) is 14.0. The quantitative estimate of drug-likeness (QED) is 0.635. The zero-order valence-electron chi connectivity index (χ0n) is 15.4. The van der Waals surface area contributed by atoms with Crippen molar-refractivity contribution in [2.24, 2.45) is 0 Å². The number of benzene rings is 3. The molecule has 0 aliphatic carbocycles. The fourth-order valence-electron chi connectivity index (χ4n) is 2.82. The second kappa shape index (κ2) is 8.83. The second-order valence-corrected chi connectivity index (χ2v) is 6.26. The van der Waals surface area contributed by atoms with E-state index in [0.29, 0.717) is 22.4 Å². The van der Waals surface area contributed by atoms with E-state index in [4.69, 9.17) is 10.00 Å². The van der Waals surface area contributed by atoms with Crippen LogP contribution in [0.15, 0.2) is 84.9 Å². The number of anilines is 1. The molecule has 1 amide bonds. The molecular weight excluding hydrogens is 368 g/mol. The third kappa shape index (κ3) is 4.49. The summed E-state index contributed by atoms with van der Waals surface area (Å²) in [6.07, 6.45) is 0. The number of carbonyl (C=O) groups is 2. The molecule has 0 spiro atoms. The van der Waals surface area contributed by atoms with Gasteiger partial charge in [-0.2, -0.15) is 5.26 Å². The average molecular weight is 386 g/mol. The van der Waals surface area contributed by atoms with E-state index in [2.05, 4.69) is 5.32 Å². The van der Waals surface area contributed by atoms with E-state index in [1.807, 2.05) is 6.07 Å². The largest absolute Gasteiger partial charge is 0.453 e. The van der Waals surface area contributed by atoms with Gasteiger partial charge in [-0.3, -0.25) is 4.79 Å². The molecule has 0 bridgehead atoms. The van der Waals surface area contributed by atoms with Gasteiger partial charge in [0, 0.05) is 5.69 Å². The fourth-order valence-corrected chi connectivity index (χ4v) is 2.82. The summed E-state index contributed by atoms with van der Waals surface area (Å²) in [5.41, 5.74) is -0.443. The maximum Gasteiger partial charge on any atom is 0.348 e. The number of nitriles is 1. The molecule has 0 aliphatic heterocycles. The van der Waals surface area contributed by atoms with Gasteiger partial charge in [-0.15, -0.1) is 0 Å². The van der Waals surface area contributed by atoms with E-state index in [1.54, 1.807) is 84.9 Å². The number of ether oxygens (including phenoxy) is 1. The van der Waals surface area contributed by atoms with Crippen LogP contribution in [0.5, 0.6) is 0 Å². The Bertz CT molecular complexity index is 986. The Morgan fingerprint density at radius 2 is 1.41 bits per heavy atom. The Kier molecular flexibility index (Phi) is 6.03. The first kappa shape index (κ1) is 19.8. The molecule has 0 unspecified atom stereocenters. The number of esters is 1. The first-order valence-corrected chi connectivity index (χ1v) is 8.84. The van der Waals surface area contributed by atoms with Gasteiger partial charge in [0.25, 0.3) is 5.91 Å². The lowest BCUT2D eigenvalue weighted by Crippen LogP contribution is -2.39. The number of aliphatic hydroxyl groups is 1. The molecule has 0 saturated carbocycles. The standard InChI is InChI=1S/C23H18N2O4/c24-15-17-11-13-20(14-12-17)25-21(26)16-29-22(27)23(28,18-7-3-1-4-8-18)19-9-5-2-6-10-19/h1-14,28H,16H2,(H,25,26). The van der Waals surface area contributed by atoms with Crippen LogP contribution >= 0.6 is 0 Å². The van der Waals surface area contributed by atoms with Crippen LogP contribution in [-0.2, 0) is 19.9 Å². The Balaban J connectivity index is 1.73. The highest BCUT2D eigenvalue weighted by atomic mass is 16.6. The number of rotatable bonds is 6. The Morgan fingerprint density at radius 3 is 1.90 bits per heavy atom. The van der Waals surface area contributed by atoms with Crippen LogP contribution in [0.4, 0.5) is 5.69 Å². The molecule has 3 rings (SSSR count). The topological polar surface area (TPSA) is 99.4 Å². The normalized spacial score (nSPS) is 10.6. The van der Waals surface area contributed by atoms with Gasteiger partial charge in [-0.05, 0) is 35.4 Å². The molecule has 2 N–H and O–H groups in total. The molecule has 6 heteroatoms. The zero-order valence-corrected chi connectivity index (χ0v) is 15.4. The van der Waals surface area contributed by atoms with Gasteiger partial charge in [-0.25, -0.2) is 4.79 Å². The van der Waals surface area contributed by atoms with Gasteiger partial charge in [0.05, 0.1) is 11.6 Å². The Hall–Kier alpha value is -3.95. The van der Waals surface area contributed by atoms with E-state index >= 15 is 0 Å². The average Bonchev–Trinajstić information content (AvgIpc) is 2.78. The van der Waals surface area contributed by atoms with Gasteiger partial charge >= 0.3 is 5.97 Å². The maximum absolute atomic E-state index is 12.8. The summed E-state index contributed by atoms with van der Waals surface area (Å²) in [5, 5.41) is 22.6. The number of nitrogens with one attached hydrogen (secondary N) is 1. The molecule has 3 aromatic carbocycles. The minimum Gasteiger partial charge on any atom is -0.453 e. The van der Waals surface area contributed by atoms with Gasteiger partial charge in [0.2, 0.25) is 5.60 Å². The van der Waals surface area contributed by atoms with Crippen molar-refractivity contribution < 1.29 is 19.4 Å². The third-order valence-electron chi connectivity index (χ3n) is 4.31. The minimum atomic E-state index is -2.04. The summed E-state index contributed by atoms with van der Waals surface area (Å²) < 4.78 is 5.14. The molecule has 0 saturated heterocycles. The van der Waals surface area contributed by atoms with E-state index in [0.717, 1.165) is 0 Å². The molecule has 0 heterocycles. The van der Waals surface area contributed by atoms with Crippen LogP contribution in [0.25, 0.3) is 0 Å². The molecule has 0 aliphatic rings. The van der Waals surface area contributed by atoms with Crippen LogP contribution < -0.4 is 5.32 Å². The lowest BCUT2D eigenvalue weighted by molar-refractivity contribution is -0.163. The number of nitrogens with zero attached hydrogens (tertiary/aromatic N) is 1. The first-order valence-electron chi connectivity index (χ1n) is 8.84. The second-order valence-electron chi connectivity index (χ2n) is 6.26. The summed E-state index contributed by atoms with van der Waals surface area (Å²) in [4.78, 5) is 25.0. The molecule has 0 atom stereocenters. The van der Waals surface area contributed by atoms with Crippen molar-refractivity contribution in [3.8, 4) is 6.07 Å². The fraction of sp³-hybridized carbons (Fsp3) is 0.0870. The van der Waals surface area contributed by atoms with Crippen molar-refractivity contribution in [1.82, 2.24) is 0 Å². The molecule has 144 valence electrons. The van der Waals surface area contributed by atoms with Crippen molar-refractivity contribution in [3.05, 3.63) is 102 Å². The summed E-state index contributed by atoms with van der Waals surface area (Å²) in [6.45, 7) is -0.569. The van der Waals surface area contributed by atoms with Crippen molar-refractivity contribution in [2.45, 2.75) is 5.60 Å². The van der Waals surface area contributed by atoms with Gasteiger partial charge < -0.3 is 15.2 Å². The highest BCUT2D eigenvalue weighted by molar-refractivity contribution is 5.94. The van der Waals surface area contributed by atoms with Crippen molar-refractivity contribution in [3.63, 3.8) is 0 Å². The van der Waals surface area contributed by atoms with Crippen molar-refractivity contribution in [2.75, 3.05) is 11.9 Å². The van der Waals surface area contributed by atoms with E-state index in [9.17, 15) is 14.7 Å². The molecule has 0 fully saturated rings. The smallest absolute Gasteiger partial charge is 0.348 e. The zero-order chi connectivity index (χ0) is 20.7. The molecule has 6 nitrogen and oxygen atoms in total. The predicted molar refractivity (Wildman–Crippen MR) is 107 cm³/mol. The van der Waals surface area contributed by atoms with Crippen LogP contribution in [0, 0.1) is 11.3 Å². The van der Waals surface area contributed by atoms with Crippen LogP contribution in [0.1, 0.15) is 16.7 Å². The monoisotopic (exact) mass is 386 g/mol. The van der Waals surface area contributed by atoms with Gasteiger partial charge in [-0.1, -0.05) is 60.7 Å². The summed E-state index contributed by atoms with van der Waals surface area (Å²) in [6, 6.07) is 25.1. The lowest BCUT2D eigenvalue weighted by Gasteiger charge is -2.26. The van der Waals surface area contributed by atoms with E-state index < -0.39 is 24.1 Å². The van der Waals surface area contributed by atoms with E-state index in [1.165, 1.54) is 0 Å². The Labute approximate surface area is 168 Å². The predicted octanol–water partition coefficient (Wildman–Crippen LogP) is 2.98. The lowest BCUT2D eigenvalue weighted by atomic mass is 9.86.